The number of carbonyl (C=O) groups is 1. The number of likely N-dealkylation sites (tertiary alicyclic amines) is 1. The molecule has 1 N–H and O–H groups in total. The average Bonchev–Trinajstić information content (AvgIpc) is 2.69. The van der Waals surface area contributed by atoms with Gasteiger partial charge in [-0.25, -0.2) is 9.18 Å². The predicted octanol–water partition coefficient (Wildman–Crippen LogP) is 4.81. The van der Waals surface area contributed by atoms with E-state index in [1.165, 1.54) is 6.07 Å². The highest BCUT2D eigenvalue weighted by molar-refractivity contribution is 6.42. The second-order valence-electron chi connectivity index (χ2n) is 7.93. The number of piperidine rings is 1. The van der Waals surface area contributed by atoms with Crippen LogP contribution in [-0.2, 0) is 0 Å². The molecule has 0 radical (unpaired) electrons. The van der Waals surface area contributed by atoms with E-state index < -0.39 is 11.8 Å². The third kappa shape index (κ3) is 4.82. The number of ether oxygens (including phenoxy) is 1. The fourth-order valence-electron chi connectivity index (χ4n) is 4.17. The summed E-state index contributed by atoms with van der Waals surface area (Å²) in [5.41, 5.74) is 0.625. The average molecular weight is 453 g/mol. The van der Waals surface area contributed by atoms with Crippen LogP contribution in [0.25, 0.3) is 0 Å². The molecule has 8 heteroatoms. The van der Waals surface area contributed by atoms with Crippen molar-refractivity contribution in [3.8, 4) is 5.75 Å². The number of halogens is 3. The van der Waals surface area contributed by atoms with Gasteiger partial charge in [0.2, 0.25) is 0 Å². The van der Waals surface area contributed by atoms with Crippen molar-refractivity contribution in [3.63, 3.8) is 0 Å². The van der Waals surface area contributed by atoms with Crippen LogP contribution in [0.5, 0.6) is 5.75 Å². The number of aromatic carboxylic acids is 1. The van der Waals surface area contributed by atoms with Gasteiger partial charge < -0.3 is 14.7 Å². The topological polar surface area (TPSA) is 53.0 Å². The molecule has 0 bridgehead atoms. The van der Waals surface area contributed by atoms with Crippen molar-refractivity contribution in [2.24, 2.45) is 5.92 Å². The summed E-state index contributed by atoms with van der Waals surface area (Å²) in [4.78, 5) is 15.9. The summed E-state index contributed by atoms with van der Waals surface area (Å²) in [6.45, 7) is 4.30. The molecule has 2 aliphatic rings. The number of nitrogens with zero attached hydrogens (tertiary/aromatic N) is 2. The van der Waals surface area contributed by atoms with Gasteiger partial charge in [-0.05, 0) is 49.1 Å². The fourth-order valence-corrected chi connectivity index (χ4v) is 4.45. The van der Waals surface area contributed by atoms with E-state index >= 15 is 0 Å². The lowest BCUT2D eigenvalue weighted by Crippen LogP contribution is -2.55. The maximum absolute atomic E-state index is 13.4. The van der Waals surface area contributed by atoms with Gasteiger partial charge in [0.15, 0.2) is 0 Å². The molecule has 0 aliphatic carbocycles. The highest BCUT2D eigenvalue weighted by atomic mass is 35.5. The van der Waals surface area contributed by atoms with Gasteiger partial charge in [0, 0.05) is 38.8 Å². The number of carboxylic acids is 1. The Morgan fingerprint density at radius 2 is 1.83 bits per heavy atom. The minimum Gasteiger partial charge on any atom is -0.488 e. The summed E-state index contributed by atoms with van der Waals surface area (Å²) >= 11 is 12.0. The first-order chi connectivity index (χ1) is 14.4. The Morgan fingerprint density at radius 1 is 1.10 bits per heavy atom. The molecular weight excluding hydrogens is 430 g/mol. The molecule has 0 unspecified atom stereocenters. The standard InChI is InChI=1S/C22H23Cl2FN2O3/c23-19-3-2-16(10-20(19)24)30-17-12-26(13-17)11-14-5-7-27(8-6-14)21-4-1-15(25)9-18(21)22(28)29/h1-4,9-10,14,17H,5-8,11-13H2,(H,28,29). The molecule has 30 heavy (non-hydrogen) atoms. The Hall–Kier alpha value is -2.02. The summed E-state index contributed by atoms with van der Waals surface area (Å²) in [6.07, 6.45) is 2.11. The SMILES string of the molecule is O=C(O)c1cc(F)ccc1N1CCC(CN2CC(Oc3ccc(Cl)c(Cl)c3)C2)CC1. The number of benzene rings is 2. The first-order valence-corrected chi connectivity index (χ1v) is 10.8. The lowest BCUT2D eigenvalue weighted by molar-refractivity contribution is 0.00796. The van der Waals surface area contributed by atoms with Crippen LogP contribution in [0, 0.1) is 11.7 Å². The lowest BCUT2D eigenvalue weighted by atomic mass is 9.94. The van der Waals surface area contributed by atoms with Crippen molar-refractivity contribution in [2.75, 3.05) is 37.6 Å². The Labute approximate surface area is 184 Å². The number of rotatable bonds is 6. The third-order valence-corrected chi connectivity index (χ3v) is 6.52. The van der Waals surface area contributed by atoms with E-state index in [0.29, 0.717) is 21.7 Å². The largest absolute Gasteiger partial charge is 0.488 e. The molecule has 2 aromatic rings. The highest BCUT2D eigenvalue weighted by Crippen LogP contribution is 2.30. The number of carboxylic acid groups (broad SMARTS) is 1. The predicted molar refractivity (Wildman–Crippen MR) is 116 cm³/mol. The van der Waals surface area contributed by atoms with Gasteiger partial charge in [0.1, 0.15) is 17.7 Å². The van der Waals surface area contributed by atoms with Crippen LogP contribution in [0.3, 0.4) is 0 Å². The summed E-state index contributed by atoms with van der Waals surface area (Å²) < 4.78 is 19.4. The van der Waals surface area contributed by atoms with E-state index in [1.807, 2.05) is 11.0 Å². The van der Waals surface area contributed by atoms with Gasteiger partial charge in [0.05, 0.1) is 21.3 Å². The molecule has 2 aliphatic heterocycles. The zero-order chi connectivity index (χ0) is 21.3. The molecule has 160 valence electrons. The first-order valence-electron chi connectivity index (χ1n) is 10.0. The van der Waals surface area contributed by atoms with E-state index in [0.717, 1.165) is 57.4 Å². The van der Waals surface area contributed by atoms with E-state index in [-0.39, 0.29) is 11.7 Å². The molecule has 0 spiro atoms. The summed E-state index contributed by atoms with van der Waals surface area (Å²) in [6, 6.07) is 9.29. The molecule has 4 rings (SSSR count). The maximum atomic E-state index is 13.4. The van der Waals surface area contributed by atoms with E-state index in [1.54, 1.807) is 18.2 Å². The Kier molecular flexibility index (Phi) is 6.37. The summed E-state index contributed by atoms with van der Waals surface area (Å²) in [5, 5.41) is 10.4. The quantitative estimate of drug-likeness (QED) is 0.681. The monoisotopic (exact) mass is 452 g/mol. The van der Waals surface area contributed by atoms with Crippen molar-refractivity contribution in [3.05, 3.63) is 57.8 Å². The number of hydrogen-bond acceptors (Lipinski definition) is 4. The Bertz CT molecular complexity index is 929. The molecule has 0 atom stereocenters. The molecule has 2 heterocycles. The lowest BCUT2D eigenvalue weighted by Gasteiger charge is -2.43. The molecule has 0 aromatic heterocycles. The van der Waals surface area contributed by atoms with E-state index in [4.69, 9.17) is 27.9 Å². The third-order valence-electron chi connectivity index (χ3n) is 5.78. The normalized spacial score (nSPS) is 18.3. The fraction of sp³-hybridized carbons (Fsp3) is 0.409. The zero-order valence-electron chi connectivity index (χ0n) is 16.4. The van der Waals surface area contributed by atoms with Gasteiger partial charge in [-0.2, -0.15) is 0 Å². The second kappa shape index (κ2) is 9.00. The molecule has 2 fully saturated rings. The summed E-state index contributed by atoms with van der Waals surface area (Å²) in [7, 11) is 0. The van der Waals surface area contributed by atoms with E-state index in [9.17, 15) is 14.3 Å². The molecule has 0 saturated carbocycles. The summed E-state index contributed by atoms with van der Waals surface area (Å²) in [5.74, 6) is -0.335. The molecule has 5 nitrogen and oxygen atoms in total. The minimum atomic E-state index is -1.10. The van der Waals surface area contributed by atoms with Crippen LogP contribution in [0.2, 0.25) is 10.0 Å². The molecular formula is C22H23Cl2FN2O3. The number of anilines is 1. The van der Waals surface area contributed by atoms with Crippen LogP contribution >= 0.6 is 23.2 Å². The van der Waals surface area contributed by atoms with Crippen LogP contribution in [0.4, 0.5) is 10.1 Å². The maximum Gasteiger partial charge on any atom is 0.337 e. The Balaban J connectivity index is 1.24. The van der Waals surface area contributed by atoms with Crippen molar-refractivity contribution in [1.82, 2.24) is 4.90 Å². The highest BCUT2D eigenvalue weighted by Gasteiger charge is 2.32. The zero-order valence-corrected chi connectivity index (χ0v) is 17.9. The van der Waals surface area contributed by atoms with Crippen molar-refractivity contribution in [1.29, 1.82) is 0 Å². The van der Waals surface area contributed by atoms with Gasteiger partial charge in [-0.15, -0.1) is 0 Å². The van der Waals surface area contributed by atoms with Crippen LogP contribution < -0.4 is 9.64 Å². The van der Waals surface area contributed by atoms with Crippen molar-refractivity contribution >= 4 is 34.9 Å². The van der Waals surface area contributed by atoms with Crippen molar-refractivity contribution in [2.45, 2.75) is 18.9 Å². The minimum absolute atomic E-state index is 0.0264. The van der Waals surface area contributed by atoms with E-state index in [2.05, 4.69) is 4.90 Å². The van der Waals surface area contributed by atoms with Gasteiger partial charge in [-0.3, -0.25) is 4.90 Å². The Morgan fingerprint density at radius 3 is 2.50 bits per heavy atom. The second-order valence-corrected chi connectivity index (χ2v) is 8.75. The van der Waals surface area contributed by atoms with Gasteiger partial charge >= 0.3 is 5.97 Å². The van der Waals surface area contributed by atoms with Gasteiger partial charge in [0.25, 0.3) is 0 Å². The van der Waals surface area contributed by atoms with Crippen molar-refractivity contribution < 1.29 is 19.0 Å². The number of hydrogen-bond donors (Lipinski definition) is 1. The molecule has 2 aromatic carbocycles. The van der Waals surface area contributed by atoms with Crippen LogP contribution in [0.1, 0.15) is 23.2 Å². The molecule has 2 saturated heterocycles. The van der Waals surface area contributed by atoms with Gasteiger partial charge in [-0.1, -0.05) is 23.2 Å². The van der Waals surface area contributed by atoms with Crippen LogP contribution in [-0.4, -0.2) is 54.8 Å². The first kappa shape index (κ1) is 21.2. The smallest absolute Gasteiger partial charge is 0.337 e. The molecule has 0 amide bonds. The van der Waals surface area contributed by atoms with Crippen LogP contribution in [0.15, 0.2) is 36.4 Å².